The van der Waals surface area contributed by atoms with E-state index in [1.165, 1.54) is 0 Å². The minimum absolute atomic E-state index is 0.0165. The molecule has 3 atom stereocenters. The molecule has 1 aliphatic rings. The summed E-state index contributed by atoms with van der Waals surface area (Å²) in [5.41, 5.74) is 8.06. The van der Waals surface area contributed by atoms with Gasteiger partial charge in [-0.25, -0.2) is 0 Å². The summed E-state index contributed by atoms with van der Waals surface area (Å²) in [6.45, 7) is 3.71. The molecule has 1 aliphatic carbocycles. The zero-order valence-electron chi connectivity index (χ0n) is 10.7. The van der Waals surface area contributed by atoms with Crippen molar-refractivity contribution in [3.63, 3.8) is 0 Å². The third-order valence-electron chi connectivity index (χ3n) is 3.73. The molecule has 0 heterocycles. The highest BCUT2D eigenvalue weighted by Gasteiger charge is 2.27. The van der Waals surface area contributed by atoms with E-state index >= 15 is 0 Å². The molecule has 18 heavy (non-hydrogen) atoms. The number of carbonyl (C=O) groups excluding carboxylic acids is 1. The van der Waals surface area contributed by atoms with Crippen molar-refractivity contribution in [3.05, 3.63) is 34.3 Å². The van der Waals surface area contributed by atoms with Gasteiger partial charge in [-0.15, -0.1) is 0 Å². The number of fused-ring (bicyclic) bond motifs is 1. The van der Waals surface area contributed by atoms with Gasteiger partial charge in [-0.3, -0.25) is 4.79 Å². The number of hydrogen-bond donors (Lipinski definition) is 2. The van der Waals surface area contributed by atoms with Crippen LogP contribution in [0.25, 0.3) is 0 Å². The van der Waals surface area contributed by atoms with Crippen molar-refractivity contribution in [2.75, 3.05) is 0 Å². The van der Waals surface area contributed by atoms with Gasteiger partial charge in [-0.05, 0) is 37.0 Å². The van der Waals surface area contributed by atoms with Crippen LogP contribution in [0.4, 0.5) is 0 Å². The first-order valence-corrected chi connectivity index (χ1v) is 6.71. The van der Waals surface area contributed by atoms with E-state index in [0.717, 1.165) is 29.0 Å². The molecule has 3 nitrogen and oxygen atoms in total. The van der Waals surface area contributed by atoms with E-state index in [1.54, 1.807) is 0 Å². The second-order valence-corrected chi connectivity index (χ2v) is 5.46. The summed E-state index contributed by atoms with van der Waals surface area (Å²) in [7, 11) is 0. The predicted octanol–water partition coefficient (Wildman–Crippen LogP) is 2.43. The third kappa shape index (κ3) is 2.52. The number of halogens is 1. The lowest BCUT2D eigenvalue weighted by molar-refractivity contribution is -0.125. The van der Waals surface area contributed by atoms with Crippen LogP contribution in [-0.4, -0.2) is 11.9 Å². The first-order chi connectivity index (χ1) is 8.50. The molecule has 4 heteroatoms. The molecule has 0 aromatic heterocycles. The van der Waals surface area contributed by atoms with E-state index in [1.807, 2.05) is 32.0 Å². The molecule has 0 fully saturated rings. The predicted molar refractivity (Wildman–Crippen MR) is 73.5 cm³/mol. The number of nitrogens with two attached hydrogens (primary N) is 1. The van der Waals surface area contributed by atoms with Gasteiger partial charge in [-0.2, -0.15) is 0 Å². The van der Waals surface area contributed by atoms with Gasteiger partial charge in [-0.1, -0.05) is 30.7 Å². The Balaban J connectivity index is 2.11. The van der Waals surface area contributed by atoms with Gasteiger partial charge in [0.05, 0.1) is 6.04 Å². The van der Waals surface area contributed by atoms with Crippen LogP contribution in [0.3, 0.4) is 0 Å². The van der Waals surface area contributed by atoms with Gasteiger partial charge in [0.25, 0.3) is 0 Å². The monoisotopic (exact) mass is 266 g/mol. The van der Waals surface area contributed by atoms with Gasteiger partial charge in [0.2, 0.25) is 5.91 Å². The highest BCUT2D eigenvalue weighted by molar-refractivity contribution is 6.31. The van der Waals surface area contributed by atoms with Crippen LogP contribution >= 0.6 is 11.6 Å². The van der Waals surface area contributed by atoms with Crippen LogP contribution in [0, 0.1) is 5.92 Å². The first kappa shape index (κ1) is 13.4. The zero-order valence-corrected chi connectivity index (χ0v) is 11.5. The van der Waals surface area contributed by atoms with Gasteiger partial charge in [0.15, 0.2) is 0 Å². The Morgan fingerprint density at radius 2 is 2.22 bits per heavy atom. The fourth-order valence-corrected chi connectivity index (χ4v) is 2.58. The number of nitrogens with one attached hydrogen (secondary N) is 1. The second-order valence-electron chi connectivity index (χ2n) is 5.06. The van der Waals surface area contributed by atoms with Crippen LogP contribution in [0.1, 0.15) is 37.4 Å². The summed E-state index contributed by atoms with van der Waals surface area (Å²) in [4.78, 5) is 12.0. The number of benzene rings is 1. The maximum atomic E-state index is 12.0. The SMILES string of the molecule is CC(N)C(C)C(=O)NC1CCc2c(Cl)cccc21. The largest absolute Gasteiger partial charge is 0.349 e. The minimum atomic E-state index is -0.173. The molecule has 3 N–H and O–H groups in total. The first-order valence-electron chi connectivity index (χ1n) is 6.34. The van der Waals surface area contributed by atoms with Crippen LogP contribution in [0.15, 0.2) is 18.2 Å². The van der Waals surface area contributed by atoms with E-state index in [4.69, 9.17) is 17.3 Å². The molecule has 0 saturated heterocycles. The maximum absolute atomic E-state index is 12.0. The number of amides is 1. The van der Waals surface area contributed by atoms with Crippen molar-refractivity contribution < 1.29 is 4.79 Å². The van der Waals surface area contributed by atoms with Crippen LogP contribution in [-0.2, 0) is 11.2 Å². The number of carbonyl (C=O) groups is 1. The Labute approximate surface area is 113 Å². The van der Waals surface area contributed by atoms with Gasteiger partial charge in [0.1, 0.15) is 0 Å². The van der Waals surface area contributed by atoms with E-state index in [2.05, 4.69) is 5.32 Å². The minimum Gasteiger partial charge on any atom is -0.349 e. The third-order valence-corrected chi connectivity index (χ3v) is 4.09. The highest BCUT2D eigenvalue weighted by Crippen LogP contribution is 2.35. The standard InChI is InChI=1S/C14H19ClN2O/c1-8(9(2)16)14(18)17-13-7-6-10-11(13)4-3-5-12(10)15/h3-5,8-9,13H,6-7,16H2,1-2H3,(H,17,18). The van der Waals surface area contributed by atoms with Crippen molar-refractivity contribution in [1.82, 2.24) is 5.32 Å². The fraction of sp³-hybridized carbons (Fsp3) is 0.500. The number of hydrogen-bond acceptors (Lipinski definition) is 2. The summed E-state index contributed by atoms with van der Waals surface area (Å²) in [5.74, 6) is -0.156. The Hall–Kier alpha value is -1.06. The molecule has 1 amide bonds. The summed E-state index contributed by atoms with van der Waals surface area (Å²) in [6, 6.07) is 5.81. The molecule has 0 bridgehead atoms. The highest BCUT2D eigenvalue weighted by atomic mass is 35.5. The molecular weight excluding hydrogens is 248 g/mol. The molecule has 2 rings (SSSR count). The zero-order chi connectivity index (χ0) is 13.3. The lowest BCUT2D eigenvalue weighted by atomic mass is 10.0. The maximum Gasteiger partial charge on any atom is 0.224 e. The lowest BCUT2D eigenvalue weighted by Gasteiger charge is -2.20. The Kier molecular flexibility index (Phi) is 3.93. The van der Waals surface area contributed by atoms with Crippen molar-refractivity contribution in [1.29, 1.82) is 0 Å². The Morgan fingerprint density at radius 3 is 2.89 bits per heavy atom. The van der Waals surface area contributed by atoms with Crippen LogP contribution in [0.2, 0.25) is 5.02 Å². The fourth-order valence-electron chi connectivity index (χ4n) is 2.30. The molecule has 1 aromatic carbocycles. The summed E-state index contributed by atoms with van der Waals surface area (Å²) in [6.07, 6.45) is 1.84. The van der Waals surface area contributed by atoms with Crippen LogP contribution < -0.4 is 11.1 Å². The Bertz CT molecular complexity index is 459. The van der Waals surface area contributed by atoms with E-state index in [0.29, 0.717) is 0 Å². The molecule has 0 radical (unpaired) electrons. The van der Waals surface area contributed by atoms with E-state index in [9.17, 15) is 4.79 Å². The van der Waals surface area contributed by atoms with Crippen molar-refractivity contribution in [3.8, 4) is 0 Å². The van der Waals surface area contributed by atoms with Crippen molar-refractivity contribution in [2.24, 2.45) is 11.7 Å². The molecule has 0 saturated carbocycles. The second kappa shape index (κ2) is 5.29. The van der Waals surface area contributed by atoms with Gasteiger partial charge in [0, 0.05) is 17.0 Å². The molecule has 1 aromatic rings. The summed E-state index contributed by atoms with van der Waals surface area (Å²) < 4.78 is 0. The van der Waals surface area contributed by atoms with E-state index in [-0.39, 0.29) is 23.9 Å². The molecular formula is C14H19ClN2O. The topological polar surface area (TPSA) is 55.1 Å². The normalized spacial score (nSPS) is 21.2. The van der Waals surface area contributed by atoms with Gasteiger partial charge < -0.3 is 11.1 Å². The summed E-state index contributed by atoms with van der Waals surface area (Å²) in [5, 5.41) is 3.86. The lowest BCUT2D eigenvalue weighted by Crippen LogP contribution is -2.39. The molecule has 0 spiro atoms. The van der Waals surface area contributed by atoms with Crippen LogP contribution in [0.5, 0.6) is 0 Å². The average Bonchev–Trinajstić information content (AvgIpc) is 2.73. The van der Waals surface area contributed by atoms with Crippen molar-refractivity contribution in [2.45, 2.75) is 38.8 Å². The van der Waals surface area contributed by atoms with E-state index < -0.39 is 0 Å². The van der Waals surface area contributed by atoms with Gasteiger partial charge >= 0.3 is 0 Å². The molecule has 0 aliphatic heterocycles. The smallest absolute Gasteiger partial charge is 0.224 e. The Morgan fingerprint density at radius 1 is 1.50 bits per heavy atom. The van der Waals surface area contributed by atoms with Crippen molar-refractivity contribution >= 4 is 17.5 Å². The average molecular weight is 267 g/mol. The quantitative estimate of drug-likeness (QED) is 0.883. The summed E-state index contributed by atoms with van der Waals surface area (Å²) >= 11 is 6.15. The molecule has 3 unspecified atom stereocenters. The molecule has 98 valence electrons. The number of rotatable bonds is 3.